The van der Waals surface area contributed by atoms with Gasteiger partial charge in [-0.3, -0.25) is 0 Å². The van der Waals surface area contributed by atoms with Gasteiger partial charge in [-0.15, -0.1) is 0 Å². The van der Waals surface area contributed by atoms with Crippen molar-refractivity contribution in [1.29, 1.82) is 0 Å². The van der Waals surface area contributed by atoms with Gasteiger partial charge in [0, 0.05) is 9.26 Å². The van der Waals surface area contributed by atoms with Crippen molar-refractivity contribution in [2.45, 2.75) is 25.9 Å². The zero-order valence-corrected chi connectivity index (χ0v) is 11.5. The number of nitrogens with one attached hydrogen (secondary N) is 1. The van der Waals surface area contributed by atoms with Crippen molar-refractivity contribution < 1.29 is 4.74 Å². The highest BCUT2D eigenvalue weighted by atomic mass is 127. The van der Waals surface area contributed by atoms with E-state index in [1.54, 1.807) is 0 Å². The predicted octanol–water partition coefficient (Wildman–Crippen LogP) is 3.70. The summed E-state index contributed by atoms with van der Waals surface area (Å²) in [7, 11) is 0. The molecule has 0 saturated heterocycles. The van der Waals surface area contributed by atoms with E-state index in [0.717, 1.165) is 19.4 Å². The maximum absolute atomic E-state index is 5.52. The second kappa shape index (κ2) is 5.57. The number of ether oxygens (including phenoxy) is 1. The summed E-state index contributed by atoms with van der Waals surface area (Å²) in [6.45, 7) is 3.01. The Labute approximate surface area is 110 Å². The van der Waals surface area contributed by atoms with Crippen molar-refractivity contribution in [1.82, 2.24) is 0 Å². The van der Waals surface area contributed by atoms with Crippen LogP contribution in [0.2, 0.25) is 0 Å². The molecule has 1 unspecified atom stereocenters. The van der Waals surface area contributed by atoms with E-state index in [4.69, 9.17) is 4.74 Å². The van der Waals surface area contributed by atoms with Gasteiger partial charge in [-0.2, -0.15) is 0 Å². The predicted molar refractivity (Wildman–Crippen MR) is 75.6 cm³/mol. The number of hydrogen-bond donors (Lipinski definition) is 1. The first kappa shape index (κ1) is 11.8. The number of aryl methyl sites for hydroxylation is 1. The van der Waals surface area contributed by atoms with Gasteiger partial charge in [0.2, 0.25) is 0 Å². The lowest BCUT2D eigenvalue weighted by molar-refractivity contribution is 0.135. The molecule has 86 valence electrons. The second-order valence-corrected chi connectivity index (χ2v) is 5.29. The molecule has 1 heterocycles. The van der Waals surface area contributed by atoms with Crippen LogP contribution >= 0.6 is 22.6 Å². The van der Waals surface area contributed by atoms with Crippen LogP contribution < -0.4 is 5.32 Å². The zero-order chi connectivity index (χ0) is 11.4. The molecule has 2 nitrogen and oxygen atoms in total. The number of benzene rings is 1. The fourth-order valence-electron chi connectivity index (χ4n) is 1.78. The highest BCUT2D eigenvalue weighted by molar-refractivity contribution is 14.1. The molecule has 2 rings (SSSR count). The molecule has 1 aliphatic heterocycles. The minimum Gasteiger partial charge on any atom is -0.497 e. The minimum atomic E-state index is 0.309. The van der Waals surface area contributed by atoms with E-state index < -0.39 is 0 Å². The third kappa shape index (κ3) is 3.14. The van der Waals surface area contributed by atoms with Crippen molar-refractivity contribution in [3.8, 4) is 0 Å². The summed E-state index contributed by atoms with van der Waals surface area (Å²) in [5.41, 5.74) is 2.50. The smallest absolute Gasteiger partial charge is 0.115 e. The van der Waals surface area contributed by atoms with Gasteiger partial charge in [0.15, 0.2) is 0 Å². The molecule has 0 spiro atoms. The molecule has 16 heavy (non-hydrogen) atoms. The summed E-state index contributed by atoms with van der Waals surface area (Å²) in [4.78, 5) is 0. The minimum absolute atomic E-state index is 0.309. The zero-order valence-electron chi connectivity index (χ0n) is 9.37. The van der Waals surface area contributed by atoms with Crippen molar-refractivity contribution in [3.63, 3.8) is 0 Å². The first-order valence-corrected chi connectivity index (χ1v) is 6.64. The third-order valence-corrected chi connectivity index (χ3v) is 3.40. The Bertz CT molecular complexity index is 390. The van der Waals surface area contributed by atoms with Gasteiger partial charge in [-0.25, -0.2) is 0 Å². The molecule has 0 saturated carbocycles. The van der Waals surface area contributed by atoms with Crippen LogP contribution in [-0.4, -0.2) is 12.6 Å². The summed E-state index contributed by atoms with van der Waals surface area (Å²) in [6.07, 6.45) is 6.43. The lowest BCUT2D eigenvalue weighted by atomic mass is 10.1. The van der Waals surface area contributed by atoms with E-state index >= 15 is 0 Å². The van der Waals surface area contributed by atoms with E-state index in [9.17, 15) is 0 Å². The van der Waals surface area contributed by atoms with E-state index in [2.05, 4.69) is 59.1 Å². The Balaban J connectivity index is 1.91. The van der Waals surface area contributed by atoms with Crippen molar-refractivity contribution in [2.24, 2.45) is 0 Å². The van der Waals surface area contributed by atoms with Gasteiger partial charge in [0.25, 0.3) is 0 Å². The van der Waals surface area contributed by atoms with Crippen LogP contribution in [-0.2, 0) is 4.74 Å². The third-order valence-electron chi connectivity index (χ3n) is 2.73. The van der Waals surface area contributed by atoms with Crippen LogP contribution in [0.4, 0.5) is 5.69 Å². The number of hydrogen-bond acceptors (Lipinski definition) is 2. The van der Waals surface area contributed by atoms with Gasteiger partial charge in [0.1, 0.15) is 6.10 Å². The van der Waals surface area contributed by atoms with Crippen molar-refractivity contribution in [2.75, 3.05) is 11.9 Å². The van der Waals surface area contributed by atoms with Gasteiger partial charge < -0.3 is 10.1 Å². The maximum atomic E-state index is 5.52. The Hall–Kier alpha value is -0.710. The van der Waals surface area contributed by atoms with Crippen LogP contribution in [0.25, 0.3) is 0 Å². The maximum Gasteiger partial charge on any atom is 0.115 e. The molecule has 0 radical (unpaired) electrons. The number of halogens is 1. The summed E-state index contributed by atoms with van der Waals surface area (Å²) >= 11 is 2.33. The van der Waals surface area contributed by atoms with Gasteiger partial charge in [0.05, 0.1) is 12.8 Å². The fraction of sp³-hybridized carbons (Fsp3) is 0.385. The van der Waals surface area contributed by atoms with E-state index in [1.807, 2.05) is 6.26 Å². The monoisotopic (exact) mass is 329 g/mol. The summed E-state index contributed by atoms with van der Waals surface area (Å²) in [5, 5.41) is 3.45. The molecule has 1 aromatic rings. The first-order chi connectivity index (χ1) is 7.75. The van der Waals surface area contributed by atoms with Crippen LogP contribution in [0.1, 0.15) is 18.4 Å². The number of anilines is 1. The lowest BCUT2D eigenvalue weighted by Gasteiger charge is -2.20. The summed E-state index contributed by atoms with van der Waals surface area (Å²) in [6, 6.07) is 6.44. The number of rotatable bonds is 3. The molecular formula is C13H16INO. The Morgan fingerprint density at radius 1 is 1.50 bits per heavy atom. The Morgan fingerprint density at radius 3 is 3.06 bits per heavy atom. The fourth-order valence-corrected chi connectivity index (χ4v) is 2.43. The van der Waals surface area contributed by atoms with Crippen molar-refractivity contribution in [3.05, 3.63) is 39.7 Å². The topological polar surface area (TPSA) is 21.3 Å². The molecule has 1 N–H and O–H groups in total. The molecule has 1 atom stereocenters. The molecule has 3 heteroatoms. The summed E-state index contributed by atoms with van der Waals surface area (Å²) in [5.74, 6) is 0. The Morgan fingerprint density at radius 2 is 2.38 bits per heavy atom. The van der Waals surface area contributed by atoms with Crippen LogP contribution in [0, 0.1) is 10.5 Å². The quantitative estimate of drug-likeness (QED) is 0.854. The average molecular weight is 329 g/mol. The molecule has 0 amide bonds. The molecule has 1 aliphatic rings. The highest BCUT2D eigenvalue weighted by Gasteiger charge is 2.10. The number of allylic oxidation sites excluding steroid dienone is 1. The van der Waals surface area contributed by atoms with Crippen LogP contribution in [0.5, 0.6) is 0 Å². The molecule has 0 aliphatic carbocycles. The summed E-state index contributed by atoms with van der Waals surface area (Å²) < 4.78 is 6.79. The van der Waals surface area contributed by atoms with Gasteiger partial charge in [-0.1, -0.05) is 0 Å². The first-order valence-electron chi connectivity index (χ1n) is 5.56. The van der Waals surface area contributed by atoms with E-state index in [1.165, 1.54) is 14.8 Å². The Kier molecular flexibility index (Phi) is 4.09. The van der Waals surface area contributed by atoms with E-state index in [0.29, 0.717) is 6.10 Å². The van der Waals surface area contributed by atoms with Gasteiger partial charge >= 0.3 is 0 Å². The lowest BCUT2D eigenvalue weighted by Crippen LogP contribution is -2.23. The van der Waals surface area contributed by atoms with Crippen LogP contribution in [0.15, 0.2) is 30.5 Å². The average Bonchev–Trinajstić information content (AvgIpc) is 2.29. The molecule has 0 aromatic heterocycles. The standard InChI is InChI=1S/C13H16INO/c1-10-8-11(14)5-6-13(10)15-9-12-4-2-3-7-16-12/h3,5-8,12,15H,2,4,9H2,1H3. The molecule has 0 fully saturated rings. The SMILES string of the molecule is Cc1cc(I)ccc1NCC1CCC=CO1. The normalized spacial score (nSPS) is 19.2. The highest BCUT2D eigenvalue weighted by Crippen LogP contribution is 2.18. The molecular weight excluding hydrogens is 313 g/mol. The van der Waals surface area contributed by atoms with Gasteiger partial charge in [-0.05, 0) is 72.2 Å². The molecule has 0 bridgehead atoms. The van der Waals surface area contributed by atoms with Crippen molar-refractivity contribution >= 4 is 28.3 Å². The largest absolute Gasteiger partial charge is 0.497 e. The van der Waals surface area contributed by atoms with E-state index in [-0.39, 0.29) is 0 Å². The second-order valence-electron chi connectivity index (χ2n) is 4.05. The van der Waals surface area contributed by atoms with Crippen LogP contribution in [0.3, 0.4) is 0 Å². The molecule has 1 aromatic carbocycles.